The number of halogens is 1. The summed E-state index contributed by atoms with van der Waals surface area (Å²) in [6.45, 7) is 2.20. The van der Waals surface area contributed by atoms with Crippen LogP contribution in [0.25, 0.3) is 0 Å². The molecule has 0 saturated heterocycles. The zero-order valence-electron chi connectivity index (χ0n) is 8.42. The standard InChI is InChI=1S/C10H20O2.ClH/c1-2-3-4-5-6-7-8-9-10(11)12;/h2-9H2,1H3,(H,11,12);1H. The molecule has 2 nitrogen and oxygen atoms in total. The van der Waals surface area contributed by atoms with Crippen LogP contribution >= 0.6 is 12.4 Å². The third-order valence-electron chi connectivity index (χ3n) is 1.99. The maximum Gasteiger partial charge on any atom is 0.303 e. The van der Waals surface area contributed by atoms with Gasteiger partial charge in [-0.1, -0.05) is 45.4 Å². The van der Waals surface area contributed by atoms with E-state index in [2.05, 4.69) is 6.92 Å². The number of carboxylic acids is 1. The predicted octanol–water partition coefficient (Wildman–Crippen LogP) is 3.63. The highest BCUT2D eigenvalue weighted by Gasteiger charge is 1.95. The third-order valence-corrected chi connectivity index (χ3v) is 1.99. The Hall–Kier alpha value is -0.240. The normalized spacial score (nSPS) is 9.31. The molecule has 0 aliphatic carbocycles. The van der Waals surface area contributed by atoms with Crippen LogP contribution in [0.15, 0.2) is 0 Å². The summed E-state index contributed by atoms with van der Waals surface area (Å²) in [5.74, 6) is -0.663. The summed E-state index contributed by atoms with van der Waals surface area (Å²) in [6, 6.07) is 0. The highest BCUT2D eigenvalue weighted by atomic mass is 35.5. The molecule has 3 heteroatoms. The zero-order valence-corrected chi connectivity index (χ0v) is 9.24. The lowest BCUT2D eigenvalue weighted by atomic mass is 10.1. The molecule has 0 heterocycles. The summed E-state index contributed by atoms with van der Waals surface area (Å²) >= 11 is 0. The third kappa shape index (κ3) is 14.6. The van der Waals surface area contributed by atoms with Gasteiger partial charge in [-0.3, -0.25) is 4.79 Å². The minimum absolute atomic E-state index is 0. The van der Waals surface area contributed by atoms with Crippen molar-refractivity contribution in [2.75, 3.05) is 0 Å². The Labute approximate surface area is 87.1 Å². The van der Waals surface area contributed by atoms with Crippen LogP contribution in [0.3, 0.4) is 0 Å². The maximum atomic E-state index is 10.1. The molecule has 13 heavy (non-hydrogen) atoms. The van der Waals surface area contributed by atoms with Gasteiger partial charge in [0.25, 0.3) is 0 Å². The molecule has 0 radical (unpaired) electrons. The molecule has 0 unspecified atom stereocenters. The van der Waals surface area contributed by atoms with Gasteiger partial charge in [-0.15, -0.1) is 12.4 Å². The number of carboxylic acid groups (broad SMARTS) is 1. The van der Waals surface area contributed by atoms with E-state index in [1.54, 1.807) is 0 Å². The first-order chi connectivity index (χ1) is 5.77. The molecule has 0 fully saturated rings. The van der Waals surface area contributed by atoms with Crippen molar-refractivity contribution in [1.82, 2.24) is 0 Å². The second-order valence-corrected chi connectivity index (χ2v) is 3.27. The lowest BCUT2D eigenvalue weighted by Gasteiger charge is -1.98. The molecule has 0 spiro atoms. The Morgan fingerprint density at radius 3 is 1.92 bits per heavy atom. The summed E-state index contributed by atoms with van der Waals surface area (Å²) in [7, 11) is 0. The van der Waals surface area contributed by atoms with Crippen LogP contribution in [0.5, 0.6) is 0 Å². The van der Waals surface area contributed by atoms with Crippen molar-refractivity contribution in [3.63, 3.8) is 0 Å². The maximum absolute atomic E-state index is 10.1. The quantitative estimate of drug-likeness (QED) is 0.619. The van der Waals surface area contributed by atoms with Crippen molar-refractivity contribution in [1.29, 1.82) is 0 Å². The summed E-state index contributed by atoms with van der Waals surface area (Å²) in [4.78, 5) is 10.1. The Morgan fingerprint density at radius 2 is 1.46 bits per heavy atom. The molecule has 0 aliphatic heterocycles. The van der Waals surface area contributed by atoms with Crippen molar-refractivity contribution >= 4 is 18.4 Å². The monoisotopic (exact) mass is 208 g/mol. The average Bonchev–Trinajstić information content (AvgIpc) is 2.02. The van der Waals surface area contributed by atoms with Crippen LogP contribution in [-0.2, 0) is 4.79 Å². The van der Waals surface area contributed by atoms with Crippen LogP contribution in [0.2, 0.25) is 0 Å². The Kier molecular flexibility index (Phi) is 13.8. The first-order valence-electron chi connectivity index (χ1n) is 4.99. The SMILES string of the molecule is CCCCCCCCCC(=O)O.Cl. The minimum Gasteiger partial charge on any atom is -0.481 e. The van der Waals surface area contributed by atoms with Gasteiger partial charge in [0.1, 0.15) is 0 Å². The Morgan fingerprint density at radius 1 is 1.00 bits per heavy atom. The van der Waals surface area contributed by atoms with E-state index in [1.807, 2.05) is 0 Å². The summed E-state index contributed by atoms with van der Waals surface area (Å²) in [5.41, 5.74) is 0. The van der Waals surface area contributed by atoms with E-state index in [-0.39, 0.29) is 12.4 Å². The van der Waals surface area contributed by atoms with Gasteiger partial charge in [0.05, 0.1) is 0 Å². The number of unbranched alkanes of at least 4 members (excludes halogenated alkanes) is 6. The van der Waals surface area contributed by atoms with Crippen LogP contribution in [0.1, 0.15) is 58.3 Å². The number of aliphatic carboxylic acids is 1. The first kappa shape index (κ1) is 15.2. The molecule has 0 atom stereocenters. The van der Waals surface area contributed by atoms with Crippen molar-refractivity contribution in [3.05, 3.63) is 0 Å². The molecule has 1 N–H and O–H groups in total. The van der Waals surface area contributed by atoms with E-state index in [0.29, 0.717) is 6.42 Å². The van der Waals surface area contributed by atoms with Gasteiger partial charge in [-0.25, -0.2) is 0 Å². The largest absolute Gasteiger partial charge is 0.481 e. The van der Waals surface area contributed by atoms with E-state index < -0.39 is 5.97 Å². The van der Waals surface area contributed by atoms with Crippen LogP contribution in [0.4, 0.5) is 0 Å². The molecule has 80 valence electrons. The van der Waals surface area contributed by atoms with E-state index in [4.69, 9.17) is 5.11 Å². The lowest BCUT2D eigenvalue weighted by Crippen LogP contribution is -1.93. The predicted molar refractivity (Wildman–Crippen MR) is 57.5 cm³/mol. The van der Waals surface area contributed by atoms with Crippen LogP contribution < -0.4 is 0 Å². The van der Waals surface area contributed by atoms with Gasteiger partial charge in [0, 0.05) is 6.42 Å². The summed E-state index contributed by atoms with van der Waals surface area (Å²) < 4.78 is 0. The van der Waals surface area contributed by atoms with Gasteiger partial charge >= 0.3 is 5.97 Å². The van der Waals surface area contributed by atoms with Gasteiger partial charge in [-0.2, -0.15) is 0 Å². The molecule has 0 aromatic carbocycles. The molecule has 0 amide bonds. The number of hydrogen-bond donors (Lipinski definition) is 1. The van der Waals surface area contributed by atoms with Crippen LogP contribution in [0, 0.1) is 0 Å². The highest BCUT2D eigenvalue weighted by molar-refractivity contribution is 5.85. The Bertz CT molecular complexity index is 115. The molecule has 0 saturated carbocycles. The number of carbonyl (C=O) groups is 1. The van der Waals surface area contributed by atoms with Gasteiger partial charge < -0.3 is 5.11 Å². The minimum atomic E-state index is -0.663. The fraction of sp³-hybridized carbons (Fsp3) is 0.900. The fourth-order valence-electron chi connectivity index (χ4n) is 1.23. The summed E-state index contributed by atoms with van der Waals surface area (Å²) in [5, 5.41) is 8.35. The Balaban J connectivity index is 0. The number of rotatable bonds is 8. The smallest absolute Gasteiger partial charge is 0.303 e. The van der Waals surface area contributed by atoms with Gasteiger partial charge in [-0.05, 0) is 6.42 Å². The molecule has 0 aromatic heterocycles. The van der Waals surface area contributed by atoms with Gasteiger partial charge in [0.2, 0.25) is 0 Å². The average molecular weight is 209 g/mol. The van der Waals surface area contributed by atoms with E-state index in [1.165, 1.54) is 32.1 Å². The lowest BCUT2D eigenvalue weighted by molar-refractivity contribution is -0.137. The molecule has 0 aliphatic rings. The van der Waals surface area contributed by atoms with Crippen LogP contribution in [-0.4, -0.2) is 11.1 Å². The topological polar surface area (TPSA) is 37.3 Å². The molecule has 0 rings (SSSR count). The van der Waals surface area contributed by atoms with Crippen molar-refractivity contribution in [2.45, 2.75) is 58.3 Å². The second kappa shape index (κ2) is 11.8. The van der Waals surface area contributed by atoms with E-state index in [9.17, 15) is 4.79 Å². The van der Waals surface area contributed by atoms with Gasteiger partial charge in [0.15, 0.2) is 0 Å². The van der Waals surface area contributed by atoms with E-state index >= 15 is 0 Å². The zero-order chi connectivity index (χ0) is 9.23. The summed E-state index contributed by atoms with van der Waals surface area (Å²) in [6.07, 6.45) is 8.64. The number of hydrogen-bond acceptors (Lipinski definition) is 1. The van der Waals surface area contributed by atoms with Crippen molar-refractivity contribution in [3.8, 4) is 0 Å². The fourth-order valence-corrected chi connectivity index (χ4v) is 1.23. The molecule has 0 aromatic rings. The first-order valence-corrected chi connectivity index (χ1v) is 4.99. The molecular weight excluding hydrogens is 188 g/mol. The highest BCUT2D eigenvalue weighted by Crippen LogP contribution is 2.07. The van der Waals surface area contributed by atoms with Crippen molar-refractivity contribution in [2.24, 2.45) is 0 Å². The molecular formula is C10H21ClO2. The van der Waals surface area contributed by atoms with E-state index in [0.717, 1.165) is 12.8 Å². The second-order valence-electron chi connectivity index (χ2n) is 3.27. The van der Waals surface area contributed by atoms with Crippen molar-refractivity contribution < 1.29 is 9.90 Å². The molecule has 0 bridgehead atoms.